The summed E-state index contributed by atoms with van der Waals surface area (Å²) >= 11 is 0. The maximum atomic E-state index is 12.2. The van der Waals surface area contributed by atoms with Gasteiger partial charge >= 0.3 is 0 Å². The number of carbonyl (C=O) groups is 1. The highest BCUT2D eigenvalue weighted by atomic mass is 16.1. The van der Waals surface area contributed by atoms with E-state index in [1.54, 1.807) is 6.20 Å². The molecule has 0 atom stereocenters. The van der Waals surface area contributed by atoms with Crippen molar-refractivity contribution in [1.29, 1.82) is 0 Å². The standard InChI is InChI=1S/C14H20N4O/c1-9-12(10(2)18(5)16-9)6-7-14(19)13-8-15-11(3)17(13)4/h8H,6-7H2,1-5H3. The van der Waals surface area contributed by atoms with Crippen molar-refractivity contribution in [1.82, 2.24) is 19.3 Å². The molecule has 0 aliphatic carbocycles. The van der Waals surface area contributed by atoms with Crippen LogP contribution in [0.15, 0.2) is 6.20 Å². The maximum absolute atomic E-state index is 12.2. The van der Waals surface area contributed by atoms with Crippen molar-refractivity contribution >= 4 is 5.78 Å². The number of Topliss-reactive ketones (excluding diaryl/α,β-unsaturated/α-hetero) is 1. The molecule has 2 aromatic rings. The lowest BCUT2D eigenvalue weighted by atomic mass is 10.0. The van der Waals surface area contributed by atoms with Crippen LogP contribution in [0.4, 0.5) is 0 Å². The summed E-state index contributed by atoms with van der Waals surface area (Å²) in [6.45, 7) is 5.92. The number of nitrogens with zero attached hydrogens (tertiary/aromatic N) is 4. The Morgan fingerprint density at radius 1 is 1.26 bits per heavy atom. The largest absolute Gasteiger partial charge is 0.329 e. The highest BCUT2D eigenvalue weighted by Gasteiger charge is 2.15. The van der Waals surface area contributed by atoms with Crippen LogP contribution in [0, 0.1) is 20.8 Å². The number of hydrogen-bond acceptors (Lipinski definition) is 3. The Bertz CT molecular complexity index is 622. The Kier molecular flexibility index (Phi) is 3.55. The van der Waals surface area contributed by atoms with Crippen molar-refractivity contribution in [2.45, 2.75) is 33.6 Å². The lowest BCUT2D eigenvalue weighted by Gasteiger charge is -2.04. The molecule has 0 saturated heterocycles. The van der Waals surface area contributed by atoms with E-state index in [1.807, 2.05) is 44.1 Å². The molecule has 19 heavy (non-hydrogen) atoms. The topological polar surface area (TPSA) is 52.7 Å². The summed E-state index contributed by atoms with van der Waals surface area (Å²) in [6.07, 6.45) is 2.88. The second-order valence-electron chi connectivity index (χ2n) is 4.95. The highest BCUT2D eigenvalue weighted by molar-refractivity contribution is 5.94. The summed E-state index contributed by atoms with van der Waals surface area (Å²) < 4.78 is 3.70. The van der Waals surface area contributed by atoms with Crippen LogP contribution in [0.1, 0.15) is 39.7 Å². The molecule has 0 unspecified atom stereocenters. The smallest absolute Gasteiger partial charge is 0.181 e. The van der Waals surface area contributed by atoms with Crippen molar-refractivity contribution in [3.05, 3.63) is 34.7 Å². The normalized spacial score (nSPS) is 11.0. The monoisotopic (exact) mass is 260 g/mol. The third-order valence-corrected chi connectivity index (χ3v) is 3.77. The number of aryl methyl sites for hydroxylation is 3. The molecule has 0 saturated carbocycles. The van der Waals surface area contributed by atoms with E-state index in [9.17, 15) is 4.79 Å². The third kappa shape index (κ3) is 2.45. The third-order valence-electron chi connectivity index (χ3n) is 3.77. The van der Waals surface area contributed by atoms with Gasteiger partial charge in [-0.15, -0.1) is 0 Å². The number of rotatable bonds is 4. The molecule has 102 valence electrons. The molecule has 5 heteroatoms. The van der Waals surface area contributed by atoms with E-state index in [-0.39, 0.29) is 5.78 Å². The average Bonchev–Trinajstić information content (AvgIpc) is 2.80. The number of ketones is 1. The first-order chi connectivity index (χ1) is 8.91. The Hall–Kier alpha value is -1.91. The number of aromatic nitrogens is 4. The summed E-state index contributed by atoms with van der Waals surface area (Å²) in [4.78, 5) is 16.4. The minimum atomic E-state index is 0.130. The van der Waals surface area contributed by atoms with E-state index in [0.717, 1.165) is 23.6 Å². The van der Waals surface area contributed by atoms with Crippen molar-refractivity contribution in [3.63, 3.8) is 0 Å². The van der Waals surface area contributed by atoms with Gasteiger partial charge in [-0.2, -0.15) is 5.10 Å². The summed E-state index contributed by atoms with van der Waals surface area (Å²) in [5, 5.41) is 4.37. The second-order valence-corrected chi connectivity index (χ2v) is 4.95. The molecule has 2 rings (SSSR count). The zero-order valence-corrected chi connectivity index (χ0v) is 12.2. The molecule has 0 bridgehead atoms. The molecule has 2 heterocycles. The van der Waals surface area contributed by atoms with E-state index in [0.29, 0.717) is 12.1 Å². The van der Waals surface area contributed by atoms with Gasteiger partial charge in [0, 0.05) is 26.2 Å². The van der Waals surface area contributed by atoms with E-state index < -0.39 is 0 Å². The molecule has 5 nitrogen and oxygen atoms in total. The van der Waals surface area contributed by atoms with Crippen molar-refractivity contribution in [3.8, 4) is 0 Å². The van der Waals surface area contributed by atoms with Gasteiger partial charge in [-0.25, -0.2) is 4.98 Å². The molecule has 0 aliphatic rings. The van der Waals surface area contributed by atoms with E-state index in [1.165, 1.54) is 5.56 Å². The van der Waals surface area contributed by atoms with Gasteiger partial charge in [-0.05, 0) is 32.8 Å². The Morgan fingerprint density at radius 3 is 2.42 bits per heavy atom. The van der Waals surface area contributed by atoms with Gasteiger partial charge in [-0.3, -0.25) is 9.48 Å². The van der Waals surface area contributed by atoms with Gasteiger partial charge in [0.05, 0.1) is 11.9 Å². The van der Waals surface area contributed by atoms with E-state index >= 15 is 0 Å². The van der Waals surface area contributed by atoms with Crippen LogP contribution in [0.2, 0.25) is 0 Å². The van der Waals surface area contributed by atoms with Gasteiger partial charge in [-0.1, -0.05) is 0 Å². The molecule has 0 amide bonds. The predicted molar refractivity (Wildman–Crippen MR) is 73.3 cm³/mol. The fraction of sp³-hybridized carbons (Fsp3) is 0.500. The SMILES string of the molecule is Cc1nn(C)c(C)c1CCC(=O)c1cnc(C)n1C. The molecule has 0 aromatic carbocycles. The lowest BCUT2D eigenvalue weighted by molar-refractivity contribution is 0.0974. The van der Waals surface area contributed by atoms with Crippen LogP contribution in [0.3, 0.4) is 0 Å². The molecule has 0 spiro atoms. The Balaban J connectivity index is 2.11. The number of imidazole rings is 1. The van der Waals surface area contributed by atoms with Gasteiger partial charge < -0.3 is 4.57 Å². The Labute approximate surface area is 113 Å². The highest BCUT2D eigenvalue weighted by Crippen LogP contribution is 2.16. The summed E-state index contributed by atoms with van der Waals surface area (Å²) in [6, 6.07) is 0. The van der Waals surface area contributed by atoms with E-state index in [2.05, 4.69) is 10.1 Å². The second kappa shape index (κ2) is 4.99. The van der Waals surface area contributed by atoms with E-state index in [4.69, 9.17) is 0 Å². The average molecular weight is 260 g/mol. The predicted octanol–water partition coefficient (Wildman–Crippen LogP) is 1.89. The number of hydrogen-bond donors (Lipinski definition) is 0. The van der Waals surface area contributed by atoms with Crippen LogP contribution >= 0.6 is 0 Å². The van der Waals surface area contributed by atoms with Crippen LogP contribution < -0.4 is 0 Å². The van der Waals surface area contributed by atoms with Crippen LogP contribution in [0.5, 0.6) is 0 Å². The zero-order valence-electron chi connectivity index (χ0n) is 12.2. The molecule has 0 N–H and O–H groups in total. The maximum Gasteiger partial charge on any atom is 0.181 e. The molecule has 2 aromatic heterocycles. The van der Waals surface area contributed by atoms with Crippen LogP contribution in [-0.2, 0) is 20.5 Å². The summed E-state index contributed by atoms with van der Waals surface area (Å²) in [5.74, 6) is 0.989. The van der Waals surface area contributed by atoms with Crippen LogP contribution in [-0.4, -0.2) is 25.1 Å². The fourth-order valence-electron chi connectivity index (χ4n) is 2.31. The first-order valence-corrected chi connectivity index (χ1v) is 6.42. The molecular weight excluding hydrogens is 240 g/mol. The minimum Gasteiger partial charge on any atom is -0.329 e. The van der Waals surface area contributed by atoms with Crippen molar-refractivity contribution in [2.24, 2.45) is 14.1 Å². The summed E-state index contributed by atoms with van der Waals surface area (Å²) in [7, 11) is 3.80. The van der Waals surface area contributed by atoms with Gasteiger partial charge in [0.25, 0.3) is 0 Å². The van der Waals surface area contributed by atoms with Gasteiger partial charge in [0.2, 0.25) is 0 Å². The quantitative estimate of drug-likeness (QED) is 0.789. The van der Waals surface area contributed by atoms with Gasteiger partial charge in [0.1, 0.15) is 11.5 Å². The van der Waals surface area contributed by atoms with Crippen molar-refractivity contribution in [2.75, 3.05) is 0 Å². The molecule has 0 radical (unpaired) electrons. The van der Waals surface area contributed by atoms with Gasteiger partial charge in [0.15, 0.2) is 5.78 Å². The first-order valence-electron chi connectivity index (χ1n) is 6.42. The Morgan fingerprint density at radius 2 is 1.95 bits per heavy atom. The van der Waals surface area contributed by atoms with Crippen molar-refractivity contribution < 1.29 is 4.79 Å². The molecule has 0 aliphatic heterocycles. The summed E-state index contributed by atoms with van der Waals surface area (Å²) in [5.41, 5.74) is 3.99. The zero-order chi connectivity index (χ0) is 14.2. The lowest BCUT2D eigenvalue weighted by Crippen LogP contribution is -2.08. The minimum absolute atomic E-state index is 0.130. The number of carbonyl (C=O) groups excluding carboxylic acids is 1. The fourth-order valence-corrected chi connectivity index (χ4v) is 2.31. The molecular formula is C14H20N4O. The van der Waals surface area contributed by atoms with Crippen LogP contribution in [0.25, 0.3) is 0 Å². The molecule has 0 fully saturated rings. The first kappa shape index (κ1) is 13.5.